The lowest BCUT2D eigenvalue weighted by Gasteiger charge is -2.19. The van der Waals surface area contributed by atoms with Gasteiger partial charge in [-0.3, -0.25) is 4.99 Å². The zero-order valence-corrected chi connectivity index (χ0v) is 16.6. The van der Waals surface area contributed by atoms with Crippen LogP contribution in [0.15, 0.2) is 29.3 Å². The first-order valence-electron chi connectivity index (χ1n) is 10.7. The minimum Gasteiger partial charge on any atom is -0.357 e. The van der Waals surface area contributed by atoms with Crippen LogP contribution >= 0.6 is 0 Å². The molecule has 2 N–H and O–H groups in total. The van der Waals surface area contributed by atoms with E-state index in [1.165, 1.54) is 76.5 Å². The summed E-state index contributed by atoms with van der Waals surface area (Å²) in [5.74, 6) is 1.28. The Hall–Kier alpha value is -1.09. The Morgan fingerprint density at radius 2 is 1.56 bits per heavy atom. The standard InChI is InChI=1S/C22H41N3/c1-2-3-4-5-6-7-8-9-10-11-12-13-14-15-16-17-22-24-19-21-25(22)20-18-23/h10-13H,2-9,14-21,23H2,1H3/b11-10+,13-12+. The van der Waals surface area contributed by atoms with Gasteiger partial charge in [0.15, 0.2) is 0 Å². The molecule has 0 atom stereocenters. The Balaban J connectivity index is 1.89. The maximum Gasteiger partial charge on any atom is 0.0990 e. The number of nitrogens with two attached hydrogens (primary N) is 1. The van der Waals surface area contributed by atoms with Gasteiger partial charge >= 0.3 is 0 Å². The van der Waals surface area contributed by atoms with Gasteiger partial charge in [0, 0.05) is 26.1 Å². The molecule has 3 nitrogen and oxygen atoms in total. The second kappa shape index (κ2) is 16.4. The monoisotopic (exact) mass is 347 g/mol. The summed E-state index contributed by atoms with van der Waals surface area (Å²) in [4.78, 5) is 6.95. The average Bonchev–Trinajstić information content (AvgIpc) is 3.06. The summed E-state index contributed by atoms with van der Waals surface area (Å²) in [6.45, 7) is 5.99. The molecule has 0 radical (unpaired) electrons. The van der Waals surface area contributed by atoms with E-state index in [1.54, 1.807) is 0 Å². The minimum atomic E-state index is 0.729. The Morgan fingerprint density at radius 1 is 0.920 bits per heavy atom. The van der Waals surface area contributed by atoms with Crippen molar-refractivity contribution in [3.63, 3.8) is 0 Å². The van der Waals surface area contributed by atoms with Crippen molar-refractivity contribution in [2.45, 2.75) is 84.0 Å². The van der Waals surface area contributed by atoms with E-state index in [0.717, 1.165) is 32.6 Å². The molecule has 0 bridgehead atoms. The lowest BCUT2D eigenvalue weighted by molar-refractivity contribution is 0.457. The van der Waals surface area contributed by atoms with E-state index in [9.17, 15) is 0 Å². The second-order valence-electron chi connectivity index (χ2n) is 7.09. The van der Waals surface area contributed by atoms with E-state index in [4.69, 9.17) is 5.73 Å². The van der Waals surface area contributed by atoms with Crippen LogP contribution in [0.5, 0.6) is 0 Å². The molecule has 0 aromatic heterocycles. The molecule has 0 saturated carbocycles. The highest BCUT2D eigenvalue weighted by Gasteiger charge is 2.14. The molecule has 144 valence electrons. The van der Waals surface area contributed by atoms with Gasteiger partial charge < -0.3 is 10.6 Å². The van der Waals surface area contributed by atoms with E-state index in [-0.39, 0.29) is 0 Å². The zero-order chi connectivity index (χ0) is 18.0. The van der Waals surface area contributed by atoms with Crippen molar-refractivity contribution in [1.82, 2.24) is 4.90 Å². The van der Waals surface area contributed by atoms with Crippen LogP contribution in [0.3, 0.4) is 0 Å². The number of aliphatic imine (C=N–C) groups is 1. The molecule has 0 aromatic rings. The van der Waals surface area contributed by atoms with Crippen LogP contribution in [0, 0.1) is 0 Å². The van der Waals surface area contributed by atoms with Crippen molar-refractivity contribution in [2.75, 3.05) is 26.2 Å². The van der Waals surface area contributed by atoms with Crippen LogP contribution < -0.4 is 5.73 Å². The van der Waals surface area contributed by atoms with Gasteiger partial charge in [0.2, 0.25) is 0 Å². The molecule has 0 aromatic carbocycles. The van der Waals surface area contributed by atoms with E-state index in [1.807, 2.05) is 0 Å². The molecule has 0 unspecified atom stereocenters. The summed E-state index contributed by atoms with van der Waals surface area (Å²) in [6.07, 6.45) is 24.8. The van der Waals surface area contributed by atoms with E-state index < -0.39 is 0 Å². The number of hydrogen-bond acceptors (Lipinski definition) is 3. The van der Waals surface area contributed by atoms with E-state index >= 15 is 0 Å². The van der Waals surface area contributed by atoms with Gasteiger partial charge in [-0.05, 0) is 32.1 Å². The van der Waals surface area contributed by atoms with Crippen molar-refractivity contribution >= 4 is 5.84 Å². The van der Waals surface area contributed by atoms with E-state index in [2.05, 4.69) is 41.1 Å². The number of hydrogen-bond donors (Lipinski definition) is 1. The maximum absolute atomic E-state index is 5.64. The summed E-state index contributed by atoms with van der Waals surface area (Å²) in [7, 11) is 0. The van der Waals surface area contributed by atoms with Crippen LogP contribution in [-0.4, -0.2) is 36.9 Å². The first-order chi connectivity index (χ1) is 12.4. The molecule has 0 fully saturated rings. The third-order valence-corrected chi connectivity index (χ3v) is 4.81. The van der Waals surface area contributed by atoms with Crippen LogP contribution in [0.4, 0.5) is 0 Å². The number of nitrogens with zero attached hydrogens (tertiary/aromatic N) is 2. The fraction of sp³-hybridized carbons (Fsp3) is 0.773. The van der Waals surface area contributed by atoms with Gasteiger partial charge in [0.05, 0.1) is 12.4 Å². The third-order valence-electron chi connectivity index (χ3n) is 4.81. The number of amidine groups is 1. The molecular weight excluding hydrogens is 306 g/mol. The SMILES string of the molecule is CCCCCCCCC/C=C/C=C/CCCCC1=NCCN1CCN. The van der Waals surface area contributed by atoms with Gasteiger partial charge in [0.25, 0.3) is 0 Å². The maximum atomic E-state index is 5.64. The predicted molar refractivity (Wildman–Crippen MR) is 112 cm³/mol. The Bertz CT molecular complexity index is 385. The fourth-order valence-electron chi connectivity index (χ4n) is 3.28. The largest absolute Gasteiger partial charge is 0.357 e. The van der Waals surface area contributed by atoms with E-state index in [0.29, 0.717) is 0 Å². The van der Waals surface area contributed by atoms with Crippen molar-refractivity contribution < 1.29 is 0 Å². The van der Waals surface area contributed by atoms with Crippen molar-refractivity contribution in [3.05, 3.63) is 24.3 Å². The third kappa shape index (κ3) is 12.0. The zero-order valence-electron chi connectivity index (χ0n) is 16.6. The summed E-state index contributed by atoms with van der Waals surface area (Å²) in [6, 6.07) is 0. The van der Waals surface area contributed by atoms with Gasteiger partial charge in [0.1, 0.15) is 0 Å². The smallest absolute Gasteiger partial charge is 0.0990 e. The summed E-state index contributed by atoms with van der Waals surface area (Å²) < 4.78 is 0. The highest BCUT2D eigenvalue weighted by Crippen LogP contribution is 2.10. The van der Waals surface area contributed by atoms with Gasteiger partial charge in [-0.1, -0.05) is 69.8 Å². The second-order valence-corrected chi connectivity index (χ2v) is 7.09. The van der Waals surface area contributed by atoms with Gasteiger partial charge in [-0.15, -0.1) is 0 Å². The number of allylic oxidation sites excluding steroid dienone is 4. The first kappa shape index (κ1) is 22.0. The Kier molecular flexibility index (Phi) is 14.4. The number of unbranched alkanes of at least 4 members (excludes halogenated alkanes) is 9. The molecule has 1 heterocycles. The molecule has 0 aliphatic carbocycles. The molecule has 0 spiro atoms. The highest BCUT2D eigenvalue weighted by molar-refractivity contribution is 5.83. The average molecular weight is 348 g/mol. The molecular formula is C22H41N3. The van der Waals surface area contributed by atoms with Gasteiger partial charge in [-0.2, -0.15) is 0 Å². The fourth-order valence-corrected chi connectivity index (χ4v) is 3.28. The quantitative estimate of drug-likeness (QED) is 0.297. The Labute approximate surface area is 156 Å². The van der Waals surface area contributed by atoms with Crippen LogP contribution in [0.2, 0.25) is 0 Å². The molecule has 0 amide bonds. The van der Waals surface area contributed by atoms with Crippen molar-refractivity contribution in [1.29, 1.82) is 0 Å². The Morgan fingerprint density at radius 3 is 2.24 bits per heavy atom. The lowest BCUT2D eigenvalue weighted by atomic mass is 10.1. The lowest BCUT2D eigenvalue weighted by Crippen LogP contribution is -2.32. The van der Waals surface area contributed by atoms with Crippen LogP contribution in [-0.2, 0) is 0 Å². The van der Waals surface area contributed by atoms with Crippen molar-refractivity contribution in [3.8, 4) is 0 Å². The van der Waals surface area contributed by atoms with Crippen LogP contribution in [0.25, 0.3) is 0 Å². The molecule has 1 aliphatic rings. The summed E-state index contributed by atoms with van der Waals surface area (Å²) in [5, 5.41) is 0. The topological polar surface area (TPSA) is 41.6 Å². The molecule has 25 heavy (non-hydrogen) atoms. The molecule has 0 saturated heterocycles. The van der Waals surface area contributed by atoms with Crippen molar-refractivity contribution in [2.24, 2.45) is 10.7 Å². The normalized spacial score (nSPS) is 15.0. The predicted octanol–water partition coefficient (Wildman–Crippen LogP) is 5.47. The summed E-state index contributed by atoms with van der Waals surface area (Å²) in [5.41, 5.74) is 5.64. The highest BCUT2D eigenvalue weighted by atomic mass is 15.2. The summed E-state index contributed by atoms with van der Waals surface area (Å²) >= 11 is 0. The molecule has 1 aliphatic heterocycles. The van der Waals surface area contributed by atoms with Gasteiger partial charge in [-0.25, -0.2) is 0 Å². The first-order valence-corrected chi connectivity index (χ1v) is 10.7. The minimum absolute atomic E-state index is 0.729. The molecule has 1 rings (SSSR count). The molecule has 3 heteroatoms. The number of rotatable bonds is 16. The van der Waals surface area contributed by atoms with Crippen LogP contribution in [0.1, 0.15) is 84.0 Å².